The maximum Gasteiger partial charge on any atom is 0.200 e. The van der Waals surface area contributed by atoms with Gasteiger partial charge in [0.2, 0.25) is 7.37 Å². The van der Waals surface area contributed by atoms with Crippen molar-refractivity contribution < 1.29 is 13.8 Å². The SMILES string of the molecule is CCCCOc1cccc(C(C)CP(C)(=O)OCC)c1. The molecule has 0 aliphatic heterocycles. The molecule has 4 heteroatoms. The van der Waals surface area contributed by atoms with E-state index in [1.165, 1.54) is 0 Å². The monoisotopic (exact) mass is 298 g/mol. The molecule has 0 saturated heterocycles. The maximum absolute atomic E-state index is 12.2. The second-order valence-corrected chi connectivity index (χ2v) is 7.94. The van der Waals surface area contributed by atoms with Crippen LogP contribution >= 0.6 is 7.37 Å². The molecule has 1 aromatic rings. The molecule has 2 unspecified atom stereocenters. The summed E-state index contributed by atoms with van der Waals surface area (Å²) in [5.41, 5.74) is 1.15. The van der Waals surface area contributed by atoms with E-state index in [4.69, 9.17) is 9.26 Å². The van der Waals surface area contributed by atoms with Crippen molar-refractivity contribution in [1.29, 1.82) is 0 Å². The second kappa shape index (κ2) is 8.49. The Labute approximate surface area is 123 Å². The zero-order valence-electron chi connectivity index (χ0n) is 13.1. The summed E-state index contributed by atoms with van der Waals surface area (Å²) in [6, 6.07) is 8.07. The van der Waals surface area contributed by atoms with E-state index in [2.05, 4.69) is 19.9 Å². The molecule has 0 aromatic heterocycles. The standard InChI is InChI=1S/C16H27O3P/c1-5-7-11-18-16-10-8-9-15(12-16)14(3)13-20(4,17)19-6-2/h8-10,12,14H,5-7,11,13H2,1-4H3. The first-order valence-corrected chi connectivity index (χ1v) is 9.68. The Balaban J connectivity index is 2.66. The third-order valence-corrected chi connectivity index (χ3v) is 5.22. The lowest BCUT2D eigenvalue weighted by Crippen LogP contribution is -2.04. The van der Waals surface area contributed by atoms with Gasteiger partial charge in [-0.3, -0.25) is 4.57 Å². The zero-order chi connectivity index (χ0) is 15.0. The molecule has 2 atom stereocenters. The van der Waals surface area contributed by atoms with E-state index in [1.807, 2.05) is 25.1 Å². The molecular formula is C16H27O3P. The van der Waals surface area contributed by atoms with Gasteiger partial charge in [0.05, 0.1) is 13.2 Å². The minimum Gasteiger partial charge on any atom is -0.494 e. The lowest BCUT2D eigenvalue weighted by molar-refractivity contribution is 0.309. The quantitative estimate of drug-likeness (QED) is 0.480. The van der Waals surface area contributed by atoms with Gasteiger partial charge in [0, 0.05) is 12.8 Å². The molecule has 0 N–H and O–H groups in total. The number of hydrogen-bond acceptors (Lipinski definition) is 3. The average molecular weight is 298 g/mol. The molecule has 20 heavy (non-hydrogen) atoms. The van der Waals surface area contributed by atoms with Gasteiger partial charge in [-0.2, -0.15) is 0 Å². The van der Waals surface area contributed by atoms with E-state index in [-0.39, 0.29) is 5.92 Å². The number of hydrogen-bond donors (Lipinski definition) is 0. The Morgan fingerprint density at radius 3 is 2.70 bits per heavy atom. The maximum atomic E-state index is 12.2. The van der Waals surface area contributed by atoms with Gasteiger partial charge in [-0.05, 0) is 37.0 Å². The molecule has 3 nitrogen and oxygen atoms in total. The zero-order valence-corrected chi connectivity index (χ0v) is 14.0. The summed E-state index contributed by atoms with van der Waals surface area (Å²) >= 11 is 0. The predicted octanol–water partition coefficient (Wildman–Crippen LogP) is 4.91. The highest BCUT2D eigenvalue weighted by atomic mass is 31.2. The first-order chi connectivity index (χ1) is 9.48. The summed E-state index contributed by atoms with van der Waals surface area (Å²) in [7, 11) is -2.50. The Kier molecular flexibility index (Phi) is 7.32. The Hall–Kier alpha value is -0.790. The van der Waals surface area contributed by atoms with Crippen LogP contribution < -0.4 is 4.74 Å². The summed E-state index contributed by atoms with van der Waals surface area (Å²) in [6.07, 6.45) is 2.76. The summed E-state index contributed by atoms with van der Waals surface area (Å²) in [5.74, 6) is 1.09. The van der Waals surface area contributed by atoms with Gasteiger partial charge in [0.15, 0.2) is 0 Å². The largest absolute Gasteiger partial charge is 0.494 e. The van der Waals surface area contributed by atoms with Crippen LogP contribution in [0.5, 0.6) is 5.75 Å². The minimum atomic E-state index is -2.50. The Morgan fingerprint density at radius 1 is 1.30 bits per heavy atom. The van der Waals surface area contributed by atoms with Gasteiger partial charge in [-0.25, -0.2) is 0 Å². The number of ether oxygens (including phenoxy) is 1. The molecule has 1 aromatic carbocycles. The molecular weight excluding hydrogens is 271 g/mol. The fraction of sp³-hybridized carbons (Fsp3) is 0.625. The number of benzene rings is 1. The van der Waals surface area contributed by atoms with Gasteiger partial charge in [0.25, 0.3) is 0 Å². The highest BCUT2D eigenvalue weighted by Crippen LogP contribution is 2.46. The molecule has 0 saturated carbocycles. The molecule has 0 bridgehead atoms. The molecule has 0 heterocycles. The van der Waals surface area contributed by atoms with Crippen LogP contribution in [0.2, 0.25) is 0 Å². The van der Waals surface area contributed by atoms with Crippen molar-refractivity contribution in [2.45, 2.75) is 39.5 Å². The lowest BCUT2D eigenvalue weighted by atomic mass is 10.0. The van der Waals surface area contributed by atoms with Crippen molar-refractivity contribution >= 4 is 7.37 Å². The van der Waals surface area contributed by atoms with E-state index in [0.29, 0.717) is 12.8 Å². The van der Waals surface area contributed by atoms with Gasteiger partial charge < -0.3 is 9.26 Å². The lowest BCUT2D eigenvalue weighted by Gasteiger charge is -2.18. The van der Waals surface area contributed by atoms with E-state index in [1.54, 1.807) is 6.66 Å². The van der Waals surface area contributed by atoms with E-state index in [0.717, 1.165) is 30.8 Å². The van der Waals surface area contributed by atoms with Crippen molar-refractivity contribution in [1.82, 2.24) is 0 Å². The third kappa shape index (κ3) is 6.11. The van der Waals surface area contributed by atoms with Crippen LogP contribution in [0.25, 0.3) is 0 Å². The molecule has 0 amide bonds. The van der Waals surface area contributed by atoms with Gasteiger partial charge in [-0.1, -0.05) is 32.4 Å². The van der Waals surface area contributed by atoms with Gasteiger partial charge >= 0.3 is 0 Å². The van der Waals surface area contributed by atoms with E-state index >= 15 is 0 Å². The molecule has 0 aliphatic rings. The van der Waals surface area contributed by atoms with Crippen LogP contribution in [0, 0.1) is 0 Å². The van der Waals surface area contributed by atoms with Crippen LogP contribution in [0.4, 0.5) is 0 Å². The molecule has 0 aliphatic carbocycles. The minimum absolute atomic E-state index is 0.201. The van der Waals surface area contributed by atoms with Crippen molar-refractivity contribution in [2.75, 3.05) is 26.0 Å². The van der Waals surface area contributed by atoms with Crippen molar-refractivity contribution in [3.63, 3.8) is 0 Å². The highest BCUT2D eigenvalue weighted by Gasteiger charge is 2.20. The average Bonchev–Trinajstić information content (AvgIpc) is 2.38. The van der Waals surface area contributed by atoms with E-state index in [9.17, 15) is 4.57 Å². The first kappa shape index (κ1) is 17.3. The smallest absolute Gasteiger partial charge is 0.200 e. The van der Waals surface area contributed by atoms with Gasteiger partial charge in [-0.15, -0.1) is 0 Å². The van der Waals surface area contributed by atoms with Crippen LogP contribution in [-0.4, -0.2) is 26.0 Å². The predicted molar refractivity (Wildman–Crippen MR) is 85.3 cm³/mol. The highest BCUT2D eigenvalue weighted by molar-refractivity contribution is 7.58. The summed E-state index contributed by atoms with van der Waals surface area (Å²) < 4.78 is 23.3. The molecule has 114 valence electrons. The molecule has 0 spiro atoms. The number of rotatable bonds is 9. The van der Waals surface area contributed by atoms with E-state index < -0.39 is 7.37 Å². The fourth-order valence-corrected chi connectivity index (χ4v) is 4.03. The van der Waals surface area contributed by atoms with Crippen molar-refractivity contribution in [3.05, 3.63) is 29.8 Å². The summed E-state index contributed by atoms with van der Waals surface area (Å²) in [6.45, 7) is 9.08. The summed E-state index contributed by atoms with van der Waals surface area (Å²) in [4.78, 5) is 0. The summed E-state index contributed by atoms with van der Waals surface area (Å²) in [5, 5.41) is 0. The molecule has 0 radical (unpaired) electrons. The normalized spacial score (nSPS) is 15.6. The fourth-order valence-electron chi connectivity index (χ4n) is 2.17. The van der Waals surface area contributed by atoms with Crippen LogP contribution in [0.15, 0.2) is 24.3 Å². The Bertz CT molecular complexity index is 445. The first-order valence-electron chi connectivity index (χ1n) is 7.42. The topological polar surface area (TPSA) is 35.5 Å². The Morgan fingerprint density at radius 2 is 2.05 bits per heavy atom. The van der Waals surface area contributed by atoms with Gasteiger partial charge in [0.1, 0.15) is 5.75 Å². The van der Waals surface area contributed by atoms with Crippen molar-refractivity contribution in [2.24, 2.45) is 0 Å². The second-order valence-electron chi connectivity index (χ2n) is 5.29. The third-order valence-electron chi connectivity index (χ3n) is 3.20. The van der Waals surface area contributed by atoms with Crippen molar-refractivity contribution in [3.8, 4) is 5.75 Å². The number of unbranched alkanes of at least 4 members (excludes halogenated alkanes) is 1. The molecule has 0 fully saturated rings. The van der Waals surface area contributed by atoms with Crippen LogP contribution in [0.3, 0.4) is 0 Å². The van der Waals surface area contributed by atoms with Crippen LogP contribution in [0.1, 0.15) is 45.1 Å². The molecule has 1 rings (SSSR count). The van der Waals surface area contributed by atoms with Crippen LogP contribution in [-0.2, 0) is 9.09 Å².